The van der Waals surface area contributed by atoms with Gasteiger partial charge >= 0.3 is 0 Å². The maximum atomic E-state index is 6.32. The number of hydrogen-bond donors (Lipinski definition) is 1. The first-order valence-corrected chi connectivity index (χ1v) is 11.7. The number of hydrogen-bond acceptors (Lipinski definition) is 3. The van der Waals surface area contributed by atoms with Gasteiger partial charge in [0, 0.05) is 5.92 Å². The molecule has 0 bridgehead atoms. The van der Waals surface area contributed by atoms with Crippen molar-refractivity contribution in [1.82, 2.24) is 0 Å². The number of ether oxygens (including phenoxy) is 2. The summed E-state index contributed by atoms with van der Waals surface area (Å²) in [5, 5.41) is 0. The summed E-state index contributed by atoms with van der Waals surface area (Å²) in [4.78, 5) is 0. The maximum Gasteiger partial charge on any atom is 0.168 e. The molecule has 0 spiro atoms. The zero-order chi connectivity index (χ0) is 18.8. The first-order chi connectivity index (χ1) is 12.1. The van der Waals surface area contributed by atoms with Crippen molar-refractivity contribution in [3.63, 3.8) is 0 Å². The monoisotopic (exact) mass is 374 g/mol. The average molecular weight is 375 g/mol. The minimum atomic E-state index is -0.420. The van der Waals surface area contributed by atoms with E-state index >= 15 is 0 Å². The van der Waals surface area contributed by atoms with Crippen LogP contribution in [0.25, 0.3) is 0 Å². The molecule has 0 amide bonds. The lowest BCUT2D eigenvalue weighted by Gasteiger charge is -2.38. The summed E-state index contributed by atoms with van der Waals surface area (Å²) in [5.41, 5.74) is 0. The van der Waals surface area contributed by atoms with Crippen molar-refractivity contribution < 1.29 is 9.47 Å². The van der Waals surface area contributed by atoms with Gasteiger partial charge in [-0.05, 0) is 44.8 Å². The van der Waals surface area contributed by atoms with Crippen LogP contribution in [0, 0.1) is 5.92 Å². The fourth-order valence-electron chi connectivity index (χ4n) is 3.29. The lowest BCUT2D eigenvalue weighted by molar-refractivity contribution is -0.259. The third kappa shape index (κ3) is 13.1. The van der Waals surface area contributed by atoms with Gasteiger partial charge in [0.1, 0.15) is 0 Å². The molecule has 0 rings (SSSR count). The SMILES string of the molecule is CCCCCCCCC(CCCS)C(C)(OCCCC)OCCCC. The molecule has 1 unspecified atom stereocenters. The number of thiol groups is 1. The lowest BCUT2D eigenvalue weighted by Crippen LogP contribution is -2.41. The summed E-state index contributed by atoms with van der Waals surface area (Å²) in [6.45, 7) is 10.5. The third-order valence-corrected chi connectivity index (χ3v) is 5.45. The van der Waals surface area contributed by atoms with Crippen molar-refractivity contribution >= 4 is 12.6 Å². The molecule has 0 saturated carbocycles. The van der Waals surface area contributed by atoms with Crippen LogP contribution in [0.2, 0.25) is 0 Å². The second kappa shape index (κ2) is 17.7. The van der Waals surface area contributed by atoms with Crippen molar-refractivity contribution in [3.8, 4) is 0 Å². The normalized spacial score (nSPS) is 13.3. The van der Waals surface area contributed by atoms with Crippen LogP contribution >= 0.6 is 12.6 Å². The van der Waals surface area contributed by atoms with Crippen LogP contribution in [0.5, 0.6) is 0 Å². The topological polar surface area (TPSA) is 18.5 Å². The molecule has 0 aromatic heterocycles. The highest BCUT2D eigenvalue weighted by atomic mass is 32.1. The quantitative estimate of drug-likeness (QED) is 0.144. The van der Waals surface area contributed by atoms with Gasteiger partial charge in [0.25, 0.3) is 0 Å². The third-order valence-electron chi connectivity index (χ3n) is 5.13. The van der Waals surface area contributed by atoms with Gasteiger partial charge in [0.05, 0.1) is 13.2 Å². The minimum absolute atomic E-state index is 0.420. The average Bonchev–Trinajstić information content (AvgIpc) is 2.61. The van der Waals surface area contributed by atoms with Crippen LogP contribution in [0.3, 0.4) is 0 Å². The lowest BCUT2D eigenvalue weighted by atomic mass is 9.88. The summed E-state index contributed by atoms with van der Waals surface area (Å²) in [6.07, 6.45) is 16.2. The van der Waals surface area contributed by atoms with Gasteiger partial charge in [-0.2, -0.15) is 12.6 Å². The van der Waals surface area contributed by atoms with Crippen molar-refractivity contribution in [3.05, 3.63) is 0 Å². The zero-order valence-electron chi connectivity index (χ0n) is 17.7. The molecule has 0 aromatic carbocycles. The summed E-state index contributed by atoms with van der Waals surface area (Å²) in [6, 6.07) is 0. The summed E-state index contributed by atoms with van der Waals surface area (Å²) in [5.74, 6) is 1.02. The Morgan fingerprint density at radius 3 is 1.68 bits per heavy atom. The molecule has 3 heteroatoms. The summed E-state index contributed by atoms with van der Waals surface area (Å²) < 4.78 is 12.6. The predicted molar refractivity (Wildman–Crippen MR) is 115 cm³/mol. The van der Waals surface area contributed by atoms with Gasteiger partial charge in [-0.15, -0.1) is 0 Å². The first kappa shape index (κ1) is 25.3. The highest BCUT2D eigenvalue weighted by Crippen LogP contribution is 2.33. The maximum absolute atomic E-state index is 6.32. The van der Waals surface area contributed by atoms with E-state index in [-0.39, 0.29) is 0 Å². The van der Waals surface area contributed by atoms with E-state index in [2.05, 4.69) is 40.3 Å². The van der Waals surface area contributed by atoms with E-state index in [9.17, 15) is 0 Å². The van der Waals surface area contributed by atoms with Gasteiger partial charge < -0.3 is 9.47 Å². The van der Waals surface area contributed by atoms with Gasteiger partial charge in [0.2, 0.25) is 0 Å². The Bertz CT molecular complexity index is 261. The Kier molecular flexibility index (Phi) is 17.9. The molecule has 0 heterocycles. The van der Waals surface area contributed by atoms with Crippen LogP contribution in [0.1, 0.15) is 111 Å². The Labute approximate surface area is 164 Å². The second-order valence-electron chi connectivity index (χ2n) is 7.54. The van der Waals surface area contributed by atoms with Crippen LogP contribution in [0.15, 0.2) is 0 Å². The van der Waals surface area contributed by atoms with E-state index in [4.69, 9.17) is 9.47 Å². The molecule has 0 radical (unpaired) electrons. The van der Waals surface area contributed by atoms with Gasteiger partial charge in [-0.3, -0.25) is 0 Å². The predicted octanol–water partition coefficient (Wildman–Crippen LogP) is 7.41. The molecule has 152 valence electrons. The van der Waals surface area contributed by atoms with E-state index in [1.165, 1.54) is 57.8 Å². The fourth-order valence-corrected chi connectivity index (χ4v) is 3.48. The van der Waals surface area contributed by atoms with Crippen LogP contribution in [-0.2, 0) is 9.47 Å². The smallest absolute Gasteiger partial charge is 0.168 e. The van der Waals surface area contributed by atoms with Crippen LogP contribution in [-0.4, -0.2) is 24.8 Å². The van der Waals surface area contributed by atoms with E-state index in [1.807, 2.05) is 0 Å². The van der Waals surface area contributed by atoms with Crippen LogP contribution in [0.4, 0.5) is 0 Å². The second-order valence-corrected chi connectivity index (χ2v) is 7.99. The van der Waals surface area contributed by atoms with Crippen molar-refractivity contribution in [2.75, 3.05) is 19.0 Å². The molecule has 0 N–H and O–H groups in total. The summed E-state index contributed by atoms with van der Waals surface area (Å²) >= 11 is 4.43. The number of unbranched alkanes of at least 4 members (excludes halogenated alkanes) is 7. The van der Waals surface area contributed by atoms with Crippen molar-refractivity contribution in [1.29, 1.82) is 0 Å². The highest BCUT2D eigenvalue weighted by molar-refractivity contribution is 7.80. The Morgan fingerprint density at radius 1 is 0.680 bits per heavy atom. The van der Waals surface area contributed by atoms with Crippen molar-refractivity contribution in [2.24, 2.45) is 5.92 Å². The Morgan fingerprint density at radius 2 is 1.16 bits per heavy atom. The van der Waals surface area contributed by atoms with Crippen LogP contribution < -0.4 is 0 Å². The standard InChI is InChI=1S/C22H46O2S/c1-5-8-11-12-13-14-16-21(17-15-20-25)22(4,23-18-9-6-2)24-19-10-7-3/h21,25H,5-20H2,1-4H3. The minimum Gasteiger partial charge on any atom is -0.350 e. The molecule has 0 aromatic rings. The molecule has 0 fully saturated rings. The van der Waals surface area contributed by atoms with Crippen molar-refractivity contribution in [2.45, 2.75) is 117 Å². The van der Waals surface area contributed by atoms with E-state index in [0.717, 1.165) is 44.6 Å². The zero-order valence-corrected chi connectivity index (χ0v) is 18.5. The number of rotatable bonds is 19. The molecule has 1 atom stereocenters. The molecule has 0 saturated heterocycles. The van der Waals surface area contributed by atoms with Gasteiger partial charge in [-0.1, -0.05) is 72.1 Å². The molecular weight excluding hydrogens is 328 g/mol. The highest BCUT2D eigenvalue weighted by Gasteiger charge is 2.35. The molecule has 2 nitrogen and oxygen atoms in total. The van der Waals surface area contributed by atoms with E-state index < -0.39 is 5.79 Å². The molecule has 25 heavy (non-hydrogen) atoms. The Balaban J connectivity index is 4.61. The largest absolute Gasteiger partial charge is 0.350 e. The van der Waals surface area contributed by atoms with E-state index in [0.29, 0.717) is 5.92 Å². The molecular formula is C22H46O2S. The van der Waals surface area contributed by atoms with E-state index in [1.54, 1.807) is 0 Å². The first-order valence-electron chi connectivity index (χ1n) is 11.0. The van der Waals surface area contributed by atoms with Gasteiger partial charge in [-0.25, -0.2) is 0 Å². The van der Waals surface area contributed by atoms with Gasteiger partial charge in [0.15, 0.2) is 5.79 Å². The Hall–Kier alpha value is 0.270. The fraction of sp³-hybridized carbons (Fsp3) is 1.00. The summed E-state index contributed by atoms with van der Waals surface area (Å²) in [7, 11) is 0. The molecule has 0 aliphatic carbocycles. The molecule has 0 aliphatic rings. The molecule has 0 aliphatic heterocycles.